The highest BCUT2D eigenvalue weighted by Crippen LogP contribution is 2.65. The van der Waals surface area contributed by atoms with Gasteiger partial charge in [-0.3, -0.25) is 0 Å². The molecular formula is C52H35NO. The fourth-order valence-electron chi connectivity index (χ4n) is 10.4. The molecule has 54 heavy (non-hydrogen) atoms. The summed E-state index contributed by atoms with van der Waals surface area (Å²) in [5.41, 5.74) is 20.5. The van der Waals surface area contributed by atoms with Crippen LogP contribution in [-0.4, -0.2) is 0 Å². The standard InChI is InChI=1S/C52H35NO/c1-51(2)42-20-8-3-14-34(42)38-28-26-33(31-46(38)51)53(32-27-29-49-41(30-32)39-18-7-12-25-48(39)54-49)47-24-13-19-40-37-17-6-11-23-45(37)52(50(40)47)43-21-9-4-15-35(43)36-16-5-10-22-44(36)52/h3-31H,1-2H3. The van der Waals surface area contributed by atoms with Crippen LogP contribution in [0.2, 0.25) is 0 Å². The molecule has 0 saturated carbocycles. The minimum Gasteiger partial charge on any atom is -0.456 e. The maximum atomic E-state index is 6.37. The van der Waals surface area contributed by atoms with Crippen molar-refractivity contribution in [2.24, 2.45) is 0 Å². The van der Waals surface area contributed by atoms with Gasteiger partial charge >= 0.3 is 0 Å². The number of furan rings is 1. The molecule has 0 aliphatic heterocycles. The summed E-state index contributed by atoms with van der Waals surface area (Å²) in [6.45, 7) is 4.74. The van der Waals surface area contributed by atoms with Gasteiger partial charge in [0.2, 0.25) is 0 Å². The van der Waals surface area contributed by atoms with Crippen LogP contribution in [0.15, 0.2) is 180 Å². The van der Waals surface area contributed by atoms with Gasteiger partial charge < -0.3 is 9.32 Å². The average molecular weight is 690 g/mol. The van der Waals surface area contributed by atoms with E-state index in [-0.39, 0.29) is 5.41 Å². The van der Waals surface area contributed by atoms with Crippen LogP contribution in [0, 0.1) is 0 Å². The zero-order chi connectivity index (χ0) is 35.8. The number of hydrogen-bond acceptors (Lipinski definition) is 2. The summed E-state index contributed by atoms with van der Waals surface area (Å²) in [6.07, 6.45) is 0. The summed E-state index contributed by atoms with van der Waals surface area (Å²) in [4.78, 5) is 2.52. The molecule has 12 rings (SSSR count). The van der Waals surface area contributed by atoms with Crippen LogP contribution < -0.4 is 4.90 Å². The van der Waals surface area contributed by atoms with E-state index in [1.165, 1.54) is 72.4 Å². The minimum absolute atomic E-state index is 0.141. The number of para-hydroxylation sites is 1. The lowest BCUT2D eigenvalue weighted by Crippen LogP contribution is -2.28. The van der Waals surface area contributed by atoms with Gasteiger partial charge in [0.1, 0.15) is 11.2 Å². The van der Waals surface area contributed by atoms with E-state index in [0.29, 0.717) is 0 Å². The van der Waals surface area contributed by atoms with E-state index in [9.17, 15) is 0 Å². The van der Waals surface area contributed by atoms with E-state index in [0.717, 1.165) is 33.3 Å². The average Bonchev–Trinajstić information content (AvgIpc) is 3.91. The van der Waals surface area contributed by atoms with Gasteiger partial charge in [-0.05, 0) is 104 Å². The number of hydrogen-bond donors (Lipinski definition) is 0. The molecule has 1 heterocycles. The van der Waals surface area contributed by atoms with Crippen LogP contribution in [-0.2, 0) is 10.8 Å². The second kappa shape index (κ2) is 10.5. The lowest BCUT2D eigenvalue weighted by molar-refractivity contribution is 0.660. The van der Waals surface area contributed by atoms with Crippen LogP contribution in [0.4, 0.5) is 17.1 Å². The van der Waals surface area contributed by atoms with E-state index >= 15 is 0 Å². The SMILES string of the molecule is CC1(C)c2ccccc2-c2ccc(N(c3ccc4oc5ccccc5c4c3)c3cccc4c3C3(c5ccccc5-c5ccccc53)c3ccccc3-4)cc21. The van der Waals surface area contributed by atoms with Gasteiger partial charge in [0.05, 0.1) is 11.1 Å². The molecule has 8 aromatic carbocycles. The van der Waals surface area contributed by atoms with Crippen molar-refractivity contribution in [3.8, 4) is 33.4 Å². The Balaban J connectivity index is 1.19. The van der Waals surface area contributed by atoms with Gasteiger partial charge in [-0.2, -0.15) is 0 Å². The van der Waals surface area contributed by atoms with Crippen molar-refractivity contribution < 1.29 is 4.42 Å². The monoisotopic (exact) mass is 689 g/mol. The van der Waals surface area contributed by atoms with Crippen molar-refractivity contribution >= 4 is 39.0 Å². The molecule has 0 fully saturated rings. The van der Waals surface area contributed by atoms with Crippen molar-refractivity contribution in [2.75, 3.05) is 4.90 Å². The van der Waals surface area contributed by atoms with Crippen LogP contribution >= 0.6 is 0 Å². The largest absolute Gasteiger partial charge is 0.456 e. The first-order chi connectivity index (χ1) is 26.5. The van der Waals surface area contributed by atoms with Crippen LogP contribution in [0.1, 0.15) is 47.2 Å². The van der Waals surface area contributed by atoms with Crippen LogP contribution in [0.25, 0.3) is 55.3 Å². The second-order valence-corrected chi connectivity index (χ2v) is 15.6. The predicted octanol–water partition coefficient (Wildman–Crippen LogP) is 13.7. The van der Waals surface area contributed by atoms with E-state index in [2.05, 4.69) is 189 Å². The van der Waals surface area contributed by atoms with Gasteiger partial charge in [0.25, 0.3) is 0 Å². The highest BCUT2D eigenvalue weighted by atomic mass is 16.3. The summed E-state index contributed by atoms with van der Waals surface area (Å²) in [5, 5.41) is 2.24. The molecule has 0 atom stereocenters. The van der Waals surface area contributed by atoms with Crippen molar-refractivity contribution in [3.63, 3.8) is 0 Å². The molecule has 0 N–H and O–H groups in total. The number of benzene rings is 8. The molecule has 0 unspecified atom stereocenters. The predicted molar refractivity (Wildman–Crippen MR) is 222 cm³/mol. The second-order valence-electron chi connectivity index (χ2n) is 15.6. The van der Waals surface area contributed by atoms with E-state index in [4.69, 9.17) is 4.42 Å². The molecule has 0 amide bonds. The molecule has 3 aliphatic carbocycles. The lowest BCUT2D eigenvalue weighted by Gasteiger charge is -2.36. The molecule has 3 aliphatic rings. The highest BCUT2D eigenvalue weighted by Gasteiger charge is 2.53. The number of nitrogens with zero attached hydrogens (tertiary/aromatic N) is 1. The van der Waals surface area contributed by atoms with Crippen LogP contribution in [0.3, 0.4) is 0 Å². The topological polar surface area (TPSA) is 16.4 Å². The Morgan fingerprint density at radius 3 is 1.59 bits per heavy atom. The van der Waals surface area contributed by atoms with Crippen molar-refractivity contribution in [2.45, 2.75) is 24.7 Å². The maximum absolute atomic E-state index is 6.37. The Kier molecular flexibility index (Phi) is 5.81. The molecule has 2 nitrogen and oxygen atoms in total. The number of rotatable bonds is 3. The highest BCUT2D eigenvalue weighted by molar-refractivity contribution is 6.07. The van der Waals surface area contributed by atoms with E-state index in [1.54, 1.807) is 0 Å². The third kappa shape index (κ3) is 3.65. The fraction of sp³-hybridized carbons (Fsp3) is 0.0769. The smallest absolute Gasteiger partial charge is 0.135 e. The van der Waals surface area contributed by atoms with Gasteiger partial charge in [-0.15, -0.1) is 0 Å². The minimum atomic E-state index is -0.493. The quantitative estimate of drug-likeness (QED) is 0.184. The van der Waals surface area contributed by atoms with E-state index < -0.39 is 5.41 Å². The Morgan fingerprint density at radius 1 is 0.389 bits per heavy atom. The normalized spacial score (nSPS) is 14.8. The molecular weight excluding hydrogens is 655 g/mol. The summed E-state index contributed by atoms with van der Waals surface area (Å²) in [5.74, 6) is 0. The van der Waals surface area contributed by atoms with Crippen molar-refractivity contribution in [3.05, 3.63) is 209 Å². The fourth-order valence-corrected chi connectivity index (χ4v) is 10.4. The first-order valence-electron chi connectivity index (χ1n) is 18.9. The van der Waals surface area contributed by atoms with Crippen molar-refractivity contribution in [1.82, 2.24) is 0 Å². The van der Waals surface area contributed by atoms with Crippen LogP contribution in [0.5, 0.6) is 0 Å². The van der Waals surface area contributed by atoms with Gasteiger partial charge in [-0.1, -0.05) is 147 Å². The Labute approximate surface area is 314 Å². The van der Waals surface area contributed by atoms with E-state index in [1.807, 2.05) is 6.07 Å². The Morgan fingerprint density at radius 2 is 0.889 bits per heavy atom. The number of anilines is 3. The third-order valence-electron chi connectivity index (χ3n) is 12.7. The summed E-state index contributed by atoms with van der Waals surface area (Å²) >= 11 is 0. The zero-order valence-corrected chi connectivity index (χ0v) is 30.1. The summed E-state index contributed by atoms with van der Waals surface area (Å²) in [7, 11) is 0. The van der Waals surface area contributed by atoms with Gasteiger partial charge in [0.15, 0.2) is 0 Å². The Hall–Kier alpha value is -6.64. The molecule has 9 aromatic rings. The first-order valence-corrected chi connectivity index (χ1v) is 18.9. The molecule has 0 saturated heterocycles. The first kappa shape index (κ1) is 29.9. The number of fused-ring (bicyclic) bond motifs is 16. The summed E-state index contributed by atoms with van der Waals surface area (Å²) < 4.78 is 6.37. The molecule has 0 bridgehead atoms. The van der Waals surface area contributed by atoms with Gasteiger partial charge in [-0.25, -0.2) is 0 Å². The molecule has 0 radical (unpaired) electrons. The molecule has 2 heteroatoms. The Bertz CT molecular complexity index is 2990. The molecule has 1 spiro atoms. The molecule has 254 valence electrons. The lowest BCUT2D eigenvalue weighted by atomic mass is 9.70. The molecule has 1 aromatic heterocycles. The summed E-state index contributed by atoms with van der Waals surface area (Å²) in [6, 6.07) is 65.3. The zero-order valence-electron chi connectivity index (χ0n) is 30.1. The maximum Gasteiger partial charge on any atom is 0.135 e. The van der Waals surface area contributed by atoms with Gasteiger partial charge in [0, 0.05) is 33.1 Å². The van der Waals surface area contributed by atoms with Crippen molar-refractivity contribution in [1.29, 1.82) is 0 Å². The third-order valence-corrected chi connectivity index (χ3v) is 12.7.